The number of hydrogen-bond acceptors (Lipinski definition) is 1. The summed E-state index contributed by atoms with van der Waals surface area (Å²) in [5.41, 5.74) is 0.514. The van der Waals surface area contributed by atoms with Crippen LogP contribution in [0.5, 0.6) is 0 Å². The fraction of sp³-hybridized carbons (Fsp3) is 0.250. The molecule has 4 heteroatoms. The third-order valence-electron chi connectivity index (χ3n) is 2.18. The van der Waals surface area contributed by atoms with Gasteiger partial charge in [0.2, 0.25) is 0 Å². The number of hydrogen-bond donors (Lipinski definition) is 0. The Morgan fingerprint density at radius 1 is 1.62 bits per heavy atom. The van der Waals surface area contributed by atoms with Gasteiger partial charge < -0.3 is 4.90 Å². The fourth-order valence-electron chi connectivity index (χ4n) is 1.34. The van der Waals surface area contributed by atoms with Crippen molar-refractivity contribution in [1.29, 1.82) is 0 Å². The molecular formula is C12H13BrClNO. The molecule has 0 bridgehead atoms. The highest BCUT2D eigenvalue weighted by Gasteiger charge is 2.16. The Kier molecular flexibility index (Phi) is 5.03. The van der Waals surface area contributed by atoms with Crippen molar-refractivity contribution >= 4 is 33.4 Å². The Morgan fingerprint density at radius 3 is 2.88 bits per heavy atom. The summed E-state index contributed by atoms with van der Waals surface area (Å²) in [5.74, 6) is -0.0753. The largest absolute Gasteiger partial charge is 0.335 e. The lowest BCUT2D eigenvalue weighted by atomic mass is 10.2. The first-order chi connectivity index (χ1) is 7.60. The van der Waals surface area contributed by atoms with Gasteiger partial charge in [-0.3, -0.25) is 4.79 Å². The maximum absolute atomic E-state index is 12.1. The van der Waals surface area contributed by atoms with Gasteiger partial charge in [0.15, 0.2) is 0 Å². The van der Waals surface area contributed by atoms with E-state index in [1.54, 1.807) is 23.1 Å². The summed E-state index contributed by atoms with van der Waals surface area (Å²) in [6, 6.07) is 5.25. The molecule has 1 amide bonds. The SMILES string of the molecule is C=CCN(CC)C(=O)c1cc(Br)ccc1Cl. The minimum atomic E-state index is -0.0753. The molecule has 0 unspecified atom stereocenters. The van der Waals surface area contributed by atoms with Crippen molar-refractivity contribution in [3.8, 4) is 0 Å². The Morgan fingerprint density at radius 2 is 2.31 bits per heavy atom. The predicted molar refractivity (Wildman–Crippen MR) is 70.9 cm³/mol. The summed E-state index contributed by atoms with van der Waals surface area (Å²) >= 11 is 9.32. The number of carbonyl (C=O) groups excluding carboxylic acids is 1. The van der Waals surface area contributed by atoms with Crippen molar-refractivity contribution in [2.75, 3.05) is 13.1 Å². The highest BCUT2D eigenvalue weighted by molar-refractivity contribution is 9.10. The Balaban J connectivity index is 3.02. The van der Waals surface area contributed by atoms with Gasteiger partial charge in [-0.15, -0.1) is 6.58 Å². The summed E-state index contributed by atoms with van der Waals surface area (Å²) in [6.07, 6.45) is 1.70. The summed E-state index contributed by atoms with van der Waals surface area (Å²) < 4.78 is 0.843. The molecule has 1 aromatic rings. The molecule has 0 aliphatic rings. The molecule has 1 rings (SSSR count). The van der Waals surface area contributed by atoms with Crippen molar-refractivity contribution in [1.82, 2.24) is 4.90 Å². The molecule has 2 nitrogen and oxygen atoms in total. The minimum absolute atomic E-state index is 0.0753. The number of carbonyl (C=O) groups is 1. The number of halogens is 2. The summed E-state index contributed by atoms with van der Waals surface area (Å²) in [6.45, 7) is 6.71. The molecule has 16 heavy (non-hydrogen) atoms. The molecule has 1 aromatic carbocycles. The van der Waals surface area contributed by atoms with Crippen LogP contribution in [-0.4, -0.2) is 23.9 Å². The molecule has 0 fully saturated rings. The lowest BCUT2D eigenvalue weighted by Crippen LogP contribution is -2.31. The van der Waals surface area contributed by atoms with Crippen molar-refractivity contribution < 1.29 is 4.79 Å². The Hall–Kier alpha value is -0.800. The molecule has 0 radical (unpaired) electrons. The maximum Gasteiger partial charge on any atom is 0.255 e. The third kappa shape index (κ3) is 3.09. The first-order valence-corrected chi connectivity index (χ1v) is 6.12. The number of rotatable bonds is 4. The first-order valence-electron chi connectivity index (χ1n) is 4.95. The van der Waals surface area contributed by atoms with Gasteiger partial charge in [-0.1, -0.05) is 33.6 Å². The van der Waals surface area contributed by atoms with Crippen molar-refractivity contribution in [2.24, 2.45) is 0 Å². The molecule has 0 aliphatic carbocycles. The van der Waals surface area contributed by atoms with Crippen LogP contribution in [0.2, 0.25) is 5.02 Å². The van der Waals surface area contributed by atoms with Gasteiger partial charge in [0.25, 0.3) is 5.91 Å². The Labute approximate surface area is 109 Å². The Bertz CT molecular complexity index is 406. The smallest absolute Gasteiger partial charge is 0.255 e. The minimum Gasteiger partial charge on any atom is -0.335 e. The van der Waals surface area contributed by atoms with Gasteiger partial charge in [0.1, 0.15) is 0 Å². The van der Waals surface area contributed by atoms with Crippen LogP contribution >= 0.6 is 27.5 Å². The number of nitrogens with zero attached hydrogens (tertiary/aromatic N) is 1. The first kappa shape index (κ1) is 13.3. The number of likely N-dealkylation sites (N-methyl/N-ethyl adjacent to an activating group) is 1. The van der Waals surface area contributed by atoms with Gasteiger partial charge in [-0.05, 0) is 25.1 Å². The summed E-state index contributed by atoms with van der Waals surface area (Å²) in [7, 11) is 0. The zero-order valence-corrected chi connectivity index (χ0v) is 11.4. The molecule has 0 atom stereocenters. The van der Waals surface area contributed by atoms with E-state index < -0.39 is 0 Å². The summed E-state index contributed by atoms with van der Waals surface area (Å²) in [4.78, 5) is 13.8. The van der Waals surface area contributed by atoms with Gasteiger partial charge in [-0.2, -0.15) is 0 Å². The van der Waals surface area contributed by atoms with Crippen LogP contribution in [0.15, 0.2) is 35.3 Å². The lowest BCUT2D eigenvalue weighted by Gasteiger charge is -2.19. The highest BCUT2D eigenvalue weighted by atomic mass is 79.9. The molecule has 0 aromatic heterocycles. The van der Waals surface area contributed by atoms with E-state index in [1.165, 1.54) is 0 Å². The second-order valence-corrected chi connectivity index (χ2v) is 4.58. The van der Waals surface area contributed by atoms with Crippen LogP contribution in [0.25, 0.3) is 0 Å². The van der Waals surface area contributed by atoms with Crippen molar-refractivity contribution in [2.45, 2.75) is 6.92 Å². The predicted octanol–water partition coefficient (Wildman–Crippen LogP) is 3.75. The van der Waals surface area contributed by atoms with Gasteiger partial charge >= 0.3 is 0 Å². The van der Waals surface area contributed by atoms with Gasteiger partial charge in [0.05, 0.1) is 10.6 Å². The molecule has 0 spiro atoms. The molecule has 0 heterocycles. The topological polar surface area (TPSA) is 20.3 Å². The molecule has 86 valence electrons. The quantitative estimate of drug-likeness (QED) is 0.776. The van der Waals surface area contributed by atoms with E-state index in [0.717, 1.165) is 4.47 Å². The standard InChI is InChI=1S/C12H13BrClNO/c1-3-7-15(4-2)12(16)10-8-9(13)5-6-11(10)14/h3,5-6,8H,1,4,7H2,2H3. The zero-order chi connectivity index (χ0) is 12.1. The van der Waals surface area contributed by atoms with Crippen molar-refractivity contribution in [3.05, 3.63) is 45.9 Å². The fourth-order valence-corrected chi connectivity index (χ4v) is 1.90. The number of benzene rings is 1. The molecule has 0 N–H and O–H groups in total. The average Bonchev–Trinajstić information content (AvgIpc) is 2.28. The highest BCUT2D eigenvalue weighted by Crippen LogP contribution is 2.22. The summed E-state index contributed by atoms with van der Waals surface area (Å²) in [5, 5.41) is 0.468. The third-order valence-corrected chi connectivity index (χ3v) is 3.00. The van der Waals surface area contributed by atoms with Gasteiger partial charge in [-0.25, -0.2) is 0 Å². The zero-order valence-electron chi connectivity index (χ0n) is 9.04. The molecule has 0 saturated carbocycles. The lowest BCUT2D eigenvalue weighted by molar-refractivity contribution is 0.0782. The second kappa shape index (κ2) is 6.06. The second-order valence-electron chi connectivity index (χ2n) is 3.26. The van der Waals surface area contributed by atoms with E-state index in [1.807, 2.05) is 13.0 Å². The van der Waals surface area contributed by atoms with Crippen LogP contribution in [-0.2, 0) is 0 Å². The van der Waals surface area contributed by atoms with E-state index >= 15 is 0 Å². The van der Waals surface area contributed by atoms with Crippen LogP contribution in [0.3, 0.4) is 0 Å². The van der Waals surface area contributed by atoms with E-state index in [4.69, 9.17) is 11.6 Å². The van der Waals surface area contributed by atoms with Crippen LogP contribution in [0.4, 0.5) is 0 Å². The van der Waals surface area contributed by atoms with Crippen LogP contribution < -0.4 is 0 Å². The van der Waals surface area contributed by atoms with Crippen LogP contribution in [0.1, 0.15) is 17.3 Å². The molecule has 0 saturated heterocycles. The normalized spacial score (nSPS) is 9.94. The molecular weight excluding hydrogens is 289 g/mol. The van der Waals surface area contributed by atoms with Crippen LogP contribution in [0, 0.1) is 0 Å². The molecule has 0 aliphatic heterocycles. The monoisotopic (exact) mass is 301 g/mol. The van der Waals surface area contributed by atoms with E-state index in [2.05, 4.69) is 22.5 Å². The van der Waals surface area contributed by atoms with Crippen molar-refractivity contribution in [3.63, 3.8) is 0 Å². The van der Waals surface area contributed by atoms with E-state index in [0.29, 0.717) is 23.7 Å². The maximum atomic E-state index is 12.1. The number of amides is 1. The van der Waals surface area contributed by atoms with Gasteiger partial charge in [0, 0.05) is 17.6 Å². The van der Waals surface area contributed by atoms with E-state index in [-0.39, 0.29) is 5.91 Å². The average molecular weight is 303 g/mol. The van der Waals surface area contributed by atoms with E-state index in [9.17, 15) is 4.79 Å².